The van der Waals surface area contributed by atoms with Crippen molar-refractivity contribution in [2.75, 3.05) is 5.73 Å². The van der Waals surface area contributed by atoms with Crippen molar-refractivity contribution < 1.29 is 14.7 Å². The van der Waals surface area contributed by atoms with Crippen LogP contribution in [0.15, 0.2) is 54.9 Å². The number of nitrogen functional groups attached to an aromatic ring is 1. The van der Waals surface area contributed by atoms with Crippen molar-refractivity contribution in [1.29, 1.82) is 0 Å². The van der Waals surface area contributed by atoms with Gasteiger partial charge < -0.3 is 10.8 Å². The van der Waals surface area contributed by atoms with E-state index in [0.29, 0.717) is 42.6 Å². The van der Waals surface area contributed by atoms with E-state index in [0.717, 1.165) is 22.4 Å². The van der Waals surface area contributed by atoms with Gasteiger partial charge in [0.05, 0.1) is 28.6 Å². The summed E-state index contributed by atoms with van der Waals surface area (Å²) in [5.74, 6) is -0.751. The molecule has 0 spiro atoms. The average molecular weight is 470 g/mol. The first-order valence-corrected chi connectivity index (χ1v) is 11.7. The number of nitrogens with zero attached hydrogens (tertiary/aromatic N) is 4. The highest BCUT2D eigenvalue weighted by molar-refractivity contribution is 6.00. The largest absolute Gasteiger partial charge is 0.481 e. The Morgan fingerprint density at radius 1 is 1.06 bits per heavy atom. The molecule has 0 atom stereocenters. The Labute approximate surface area is 202 Å². The maximum atomic E-state index is 12.6. The molecule has 1 aliphatic carbocycles. The molecule has 4 aromatic rings. The summed E-state index contributed by atoms with van der Waals surface area (Å²) in [7, 11) is 0. The summed E-state index contributed by atoms with van der Waals surface area (Å²) in [6.07, 6.45) is 5.77. The van der Waals surface area contributed by atoms with Gasteiger partial charge in [0, 0.05) is 28.8 Å². The normalized spacial score (nSPS) is 20.1. The number of hydrogen-bond acceptors (Lipinski definition) is 6. The number of anilines is 1. The summed E-state index contributed by atoms with van der Waals surface area (Å²) in [4.78, 5) is 33.8. The molecule has 1 aliphatic rings. The van der Waals surface area contributed by atoms with E-state index in [1.54, 1.807) is 19.3 Å². The number of aliphatic carboxylic acids is 1. The zero-order valence-corrected chi connectivity index (χ0v) is 19.7. The number of nitrogens with two attached hydrogens (primary N) is 1. The van der Waals surface area contributed by atoms with Gasteiger partial charge in [-0.2, -0.15) is 9.61 Å². The number of carbonyl (C=O) groups excluding carboxylic acids is 1. The van der Waals surface area contributed by atoms with E-state index >= 15 is 0 Å². The molecule has 8 nitrogen and oxygen atoms in total. The maximum absolute atomic E-state index is 12.6. The van der Waals surface area contributed by atoms with E-state index in [4.69, 9.17) is 10.7 Å². The van der Waals surface area contributed by atoms with Gasteiger partial charge in [0.1, 0.15) is 5.82 Å². The van der Waals surface area contributed by atoms with Gasteiger partial charge in [0.25, 0.3) is 0 Å². The van der Waals surface area contributed by atoms with E-state index in [9.17, 15) is 14.7 Å². The number of Topliss-reactive ketones (excluding diaryl/α,β-unsaturated/α-hetero) is 1. The fourth-order valence-corrected chi connectivity index (χ4v) is 4.97. The number of pyridine rings is 1. The standard InChI is InChI=1S/C27H27N5O3/c1-16(33)22-23(18-10-12-27(2,13-11-18)26(34)35)31-25-20(15-30-32(25)24(22)28)19-8-9-21(29-14-19)17-6-4-3-5-7-17/h3-9,14-15,18H,10-13,28H2,1-2H3,(H,34,35)/t18-,27-. The zero-order chi connectivity index (χ0) is 24.7. The van der Waals surface area contributed by atoms with Crippen LogP contribution in [0.1, 0.15) is 61.5 Å². The Balaban J connectivity index is 1.56. The number of benzene rings is 1. The van der Waals surface area contributed by atoms with Crippen molar-refractivity contribution >= 4 is 23.2 Å². The topological polar surface area (TPSA) is 123 Å². The second-order valence-corrected chi connectivity index (χ2v) is 9.55. The van der Waals surface area contributed by atoms with Gasteiger partial charge >= 0.3 is 5.97 Å². The van der Waals surface area contributed by atoms with Gasteiger partial charge in [-0.15, -0.1) is 0 Å². The Hall–Kier alpha value is -4.07. The van der Waals surface area contributed by atoms with Crippen molar-refractivity contribution in [3.63, 3.8) is 0 Å². The highest BCUT2D eigenvalue weighted by Gasteiger charge is 2.39. The summed E-state index contributed by atoms with van der Waals surface area (Å²) < 4.78 is 1.50. The van der Waals surface area contributed by atoms with Crippen LogP contribution in [-0.4, -0.2) is 36.4 Å². The van der Waals surface area contributed by atoms with Crippen LogP contribution in [0.5, 0.6) is 0 Å². The zero-order valence-electron chi connectivity index (χ0n) is 19.7. The number of carboxylic acid groups (broad SMARTS) is 1. The number of aromatic nitrogens is 4. The van der Waals surface area contributed by atoms with E-state index < -0.39 is 11.4 Å². The average Bonchev–Trinajstić information content (AvgIpc) is 3.29. The minimum atomic E-state index is -0.782. The molecular weight excluding hydrogens is 442 g/mol. The monoisotopic (exact) mass is 469 g/mol. The third kappa shape index (κ3) is 3.95. The number of carbonyl (C=O) groups is 2. The van der Waals surface area contributed by atoms with Gasteiger partial charge in [-0.05, 0) is 45.6 Å². The molecule has 3 N–H and O–H groups in total. The third-order valence-electron chi connectivity index (χ3n) is 7.20. The molecule has 0 amide bonds. The molecule has 35 heavy (non-hydrogen) atoms. The minimum Gasteiger partial charge on any atom is -0.481 e. The number of ketones is 1. The lowest BCUT2D eigenvalue weighted by Crippen LogP contribution is -2.32. The smallest absolute Gasteiger partial charge is 0.309 e. The molecule has 5 rings (SSSR count). The highest BCUT2D eigenvalue weighted by Crippen LogP contribution is 2.44. The van der Waals surface area contributed by atoms with Gasteiger partial charge in [-0.25, -0.2) is 4.98 Å². The van der Waals surface area contributed by atoms with Crippen LogP contribution in [0.2, 0.25) is 0 Å². The molecule has 8 heteroatoms. The molecule has 1 aromatic carbocycles. The van der Waals surface area contributed by atoms with Gasteiger partial charge in [-0.3, -0.25) is 14.6 Å². The predicted octanol–water partition coefficient (Wildman–Crippen LogP) is 4.99. The van der Waals surface area contributed by atoms with Crippen LogP contribution in [0.25, 0.3) is 28.0 Å². The Kier molecular flexibility index (Phi) is 5.59. The molecule has 0 saturated heterocycles. The molecule has 3 aromatic heterocycles. The summed E-state index contributed by atoms with van der Waals surface area (Å²) in [5, 5.41) is 14.0. The molecule has 0 aliphatic heterocycles. The quantitative estimate of drug-likeness (QED) is 0.395. The van der Waals surface area contributed by atoms with E-state index in [-0.39, 0.29) is 17.5 Å². The van der Waals surface area contributed by atoms with E-state index in [1.165, 1.54) is 11.4 Å². The molecule has 1 fully saturated rings. The molecular formula is C27H27N5O3. The maximum Gasteiger partial charge on any atom is 0.309 e. The number of carboxylic acids is 1. The van der Waals surface area contributed by atoms with Crippen LogP contribution in [0.3, 0.4) is 0 Å². The predicted molar refractivity (Wildman–Crippen MR) is 133 cm³/mol. The second kappa shape index (κ2) is 8.61. The lowest BCUT2D eigenvalue weighted by Gasteiger charge is -2.34. The fourth-order valence-electron chi connectivity index (χ4n) is 4.97. The molecule has 1 saturated carbocycles. The van der Waals surface area contributed by atoms with Crippen molar-refractivity contribution in [2.24, 2.45) is 5.41 Å². The van der Waals surface area contributed by atoms with Gasteiger partial charge in [0.2, 0.25) is 0 Å². The summed E-state index contributed by atoms with van der Waals surface area (Å²) in [6.45, 7) is 3.26. The number of rotatable bonds is 5. The van der Waals surface area contributed by atoms with Crippen molar-refractivity contribution in [3.05, 3.63) is 66.1 Å². The SMILES string of the molecule is CC(=O)c1c(N)n2ncc(-c3ccc(-c4ccccc4)nc3)c2nc1[C@H]1CC[C@](C)(C(=O)O)CC1. The fraction of sp³-hybridized carbons (Fsp3) is 0.296. The first-order valence-electron chi connectivity index (χ1n) is 11.7. The Morgan fingerprint density at radius 2 is 1.77 bits per heavy atom. The van der Waals surface area contributed by atoms with Crippen molar-refractivity contribution in [2.45, 2.75) is 45.4 Å². The third-order valence-corrected chi connectivity index (χ3v) is 7.20. The summed E-state index contributed by atoms with van der Waals surface area (Å²) >= 11 is 0. The number of fused-ring (bicyclic) bond motifs is 1. The Morgan fingerprint density at radius 3 is 2.37 bits per heavy atom. The molecule has 0 unspecified atom stereocenters. The molecule has 3 heterocycles. The van der Waals surface area contributed by atoms with Crippen LogP contribution in [-0.2, 0) is 4.79 Å². The molecule has 0 radical (unpaired) electrons. The van der Waals surface area contributed by atoms with Crippen molar-refractivity contribution in [1.82, 2.24) is 19.6 Å². The first kappa shape index (κ1) is 22.7. The van der Waals surface area contributed by atoms with Gasteiger partial charge in [-0.1, -0.05) is 36.4 Å². The highest BCUT2D eigenvalue weighted by atomic mass is 16.4. The summed E-state index contributed by atoms with van der Waals surface area (Å²) in [6, 6.07) is 13.9. The lowest BCUT2D eigenvalue weighted by atomic mass is 9.70. The van der Waals surface area contributed by atoms with Crippen LogP contribution in [0.4, 0.5) is 5.82 Å². The van der Waals surface area contributed by atoms with E-state index in [2.05, 4.69) is 10.1 Å². The van der Waals surface area contributed by atoms with Crippen LogP contribution < -0.4 is 5.73 Å². The summed E-state index contributed by atoms with van der Waals surface area (Å²) in [5.41, 5.74) is 10.8. The van der Waals surface area contributed by atoms with Crippen molar-refractivity contribution in [3.8, 4) is 22.4 Å². The van der Waals surface area contributed by atoms with Crippen LogP contribution >= 0.6 is 0 Å². The molecule has 178 valence electrons. The van der Waals surface area contributed by atoms with E-state index in [1.807, 2.05) is 42.5 Å². The second-order valence-electron chi connectivity index (χ2n) is 9.55. The molecule has 0 bridgehead atoms. The lowest BCUT2D eigenvalue weighted by molar-refractivity contribution is -0.150. The minimum absolute atomic E-state index is 0.0463. The number of hydrogen-bond donors (Lipinski definition) is 2. The van der Waals surface area contributed by atoms with Gasteiger partial charge in [0.15, 0.2) is 11.4 Å². The first-order chi connectivity index (χ1) is 16.8. The van der Waals surface area contributed by atoms with Crippen LogP contribution in [0, 0.1) is 5.41 Å². The Bertz CT molecular complexity index is 1420.